The van der Waals surface area contributed by atoms with Crippen molar-refractivity contribution in [3.63, 3.8) is 0 Å². The van der Waals surface area contributed by atoms with Gasteiger partial charge in [0.25, 0.3) is 0 Å². The smallest absolute Gasteiger partial charge is 0.409 e. The quantitative estimate of drug-likeness (QED) is 0.664. The maximum absolute atomic E-state index is 11.4. The van der Waals surface area contributed by atoms with Gasteiger partial charge in [0.15, 0.2) is 0 Å². The van der Waals surface area contributed by atoms with E-state index in [1.165, 1.54) is 7.11 Å². The molecule has 0 saturated heterocycles. The van der Waals surface area contributed by atoms with Crippen LogP contribution in [0.1, 0.15) is 19.8 Å². The normalized spacial score (nSPS) is 17.9. The van der Waals surface area contributed by atoms with Crippen molar-refractivity contribution < 1.29 is 14.3 Å². The molecule has 0 aromatic carbocycles. The number of amides is 1. The summed E-state index contributed by atoms with van der Waals surface area (Å²) in [6.07, 6.45) is 2.39. The van der Waals surface area contributed by atoms with Crippen LogP contribution in [-0.2, 0) is 9.53 Å². The molecule has 0 aromatic rings. The lowest BCUT2D eigenvalue weighted by molar-refractivity contribution is -0.132. The van der Waals surface area contributed by atoms with Crippen LogP contribution in [0.3, 0.4) is 0 Å². The second kappa shape index (κ2) is 4.47. The summed E-state index contributed by atoms with van der Waals surface area (Å²) in [6, 6.07) is 0. The van der Waals surface area contributed by atoms with Crippen molar-refractivity contribution >= 4 is 11.9 Å². The Morgan fingerprint density at radius 3 is 2.67 bits per heavy atom. The molecule has 84 valence electrons. The Hall–Kier alpha value is -1.32. The Kier molecular flexibility index (Phi) is 3.50. The van der Waals surface area contributed by atoms with Crippen molar-refractivity contribution in [1.29, 1.82) is 0 Å². The van der Waals surface area contributed by atoms with Crippen LogP contribution in [0.5, 0.6) is 0 Å². The molecule has 0 N–H and O–H groups in total. The molecule has 0 atom stereocenters. The van der Waals surface area contributed by atoms with Crippen molar-refractivity contribution in [2.45, 2.75) is 19.8 Å². The minimum Gasteiger partial charge on any atom is -0.453 e. The fraction of sp³-hybridized carbons (Fsp3) is 0.636. The zero-order valence-electron chi connectivity index (χ0n) is 9.28. The lowest BCUT2D eigenvalue weighted by atomic mass is 9.69. The standard InChI is InChI=1S/C11H17NO3/c1-4-5-12(10(14)15-3)8-11(2)6-9(13)7-11/h4H,1,5-8H2,2-3H3. The van der Waals surface area contributed by atoms with E-state index in [9.17, 15) is 9.59 Å². The van der Waals surface area contributed by atoms with Gasteiger partial charge in [0, 0.05) is 25.9 Å². The zero-order chi connectivity index (χ0) is 11.5. The Labute approximate surface area is 89.9 Å². The molecule has 0 spiro atoms. The van der Waals surface area contributed by atoms with Gasteiger partial charge in [-0.2, -0.15) is 0 Å². The number of Topliss-reactive ketones (excluding diaryl/α,β-unsaturated/α-hetero) is 1. The van der Waals surface area contributed by atoms with Crippen LogP contribution >= 0.6 is 0 Å². The third-order valence-corrected chi connectivity index (χ3v) is 2.60. The van der Waals surface area contributed by atoms with Gasteiger partial charge in [-0.05, 0) is 5.41 Å². The molecule has 1 amide bonds. The molecular formula is C11H17NO3. The van der Waals surface area contributed by atoms with E-state index >= 15 is 0 Å². The molecule has 1 saturated carbocycles. The SMILES string of the molecule is C=CCN(CC1(C)CC(=O)C1)C(=O)OC. The van der Waals surface area contributed by atoms with E-state index in [1.807, 2.05) is 6.92 Å². The van der Waals surface area contributed by atoms with Crippen LogP contribution in [0.15, 0.2) is 12.7 Å². The minimum absolute atomic E-state index is 0.0751. The second-order valence-corrected chi connectivity index (χ2v) is 4.34. The van der Waals surface area contributed by atoms with E-state index in [4.69, 9.17) is 0 Å². The van der Waals surface area contributed by atoms with Crippen molar-refractivity contribution in [2.75, 3.05) is 20.2 Å². The highest BCUT2D eigenvalue weighted by molar-refractivity contribution is 5.86. The molecule has 0 unspecified atom stereocenters. The van der Waals surface area contributed by atoms with E-state index in [1.54, 1.807) is 11.0 Å². The third kappa shape index (κ3) is 2.81. The van der Waals surface area contributed by atoms with Crippen LogP contribution in [0.4, 0.5) is 4.79 Å². The van der Waals surface area contributed by atoms with Crippen LogP contribution in [-0.4, -0.2) is 37.0 Å². The molecule has 15 heavy (non-hydrogen) atoms. The van der Waals surface area contributed by atoms with Crippen molar-refractivity contribution in [3.8, 4) is 0 Å². The molecule has 0 bridgehead atoms. The molecule has 0 aromatic heterocycles. The Morgan fingerprint density at radius 1 is 1.67 bits per heavy atom. The van der Waals surface area contributed by atoms with Gasteiger partial charge in [-0.15, -0.1) is 6.58 Å². The third-order valence-electron chi connectivity index (χ3n) is 2.60. The van der Waals surface area contributed by atoms with Crippen molar-refractivity contribution in [3.05, 3.63) is 12.7 Å². The second-order valence-electron chi connectivity index (χ2n) is 4.34. The van der Waals surface area contributed by atoms with Gasteiger partial charge in [0.2, 0.25) is 0 Å². The average Bonchev–Trinajstić information content (AvgIpc) is 2.14. The summed E-state index contributed by atoms with van der Waals surface area (Å²) < 4.78 is 4.66. The van der Waals surface area contributed by atoms with Crippen LogP contribution in [0.2, 0.25) is 0 Å². The van der Waals surface area contributed by atoms with E-state index in [0.29, 0.717) is 25.9 Å². The minimum atomic E-state index is -0.365. The number of hydrogen-bond donors (Lipinski definition) is 0. The molecule has 1 rings (SSSR count). The Balaban J connectivity index is 2.54. The summed E-state index contributed by atoms with van der Waals surface area (Å²) in [5, 5.41) is 0. The van der Waals surface area contributed by atoms with Crippen LogP contribution in [0.25, 0.3) is 0 Å². The predicted molar refractivity (Wildman–Crippen MR) is 56.5 cm³/mol. The van der Waals surface area contributed by atoms with Gasteiger partial charge in [0.05, 0.1) is 7.11 Å². The number of ketones is 1. The number of hydrogen-bond acceptors (Lipinski definition) is 3. The maximum atomic E-state index is 11.4. The molecule has 0 heterocycles. The van der Waals surface area contributed by atoms with E-state index in [0.717, 1.165) is 0 Å². The van der Waals surface area contributed by atoms with Gasteiger partial charge in [-0.3, -0.25) is 4.79 Å². The molecule has 4 heteroatoms. The van der Waals surface area contributed by atoms with E-state index in [-0.39, 0.29) is 17.3 Å². The topological polar surface area (TPSA) is 46.6 Å². The number of rotatable bonds is 4. The first-order chi connectivity index (χ1) is 7.00. The highest BCUT2D eigenvalue weighted by Crippen LogP contribution is 2.38. The van der Waals surface area contributed by atoms with Gasteiger partial charge in [-0.1, -0.05) is 13.0 Å². The van der Waals surface area contributed by atoms with Crippen molar-refractivity contribution in [2.24, 2.45) is 5.41 Å². The summed E-state index contributed by atoms with van der Waals surface area (Å²) >= 11 is 0. The summed E-state index contributed by atoms with van der Waals surface area (Å²) in [4.78, 5) is 23.9. The number of ether oxygens (including phenoxy) is 1. The first kappa shape index (κ1) is 11.8. The number of carbonyl (C=O) groups excluding carboxylic acids is 2. The Morgan fingerprint density at radius 2 is 2.27 bits per heavy atom. The molecule has 0 aliphatic heterocycles. The molecule has 1 aliphatic carbocycles. The number of carbonyl (C=O) groups is 2. The maximum Gasteiger partial charge on any atom is 0.409 e. The zero-order valence-corrected chi connectivity index (χ0v) is 9.28. The number of methoxy groups -OCH3 is 1. The lowest BCUT2D eigenvalue weighted by Crippen LogP contribution is -2.46. The van der Waals surface area contributed by atoms with Crippen LogP contribution < -0.4 is 0 Å². The van der Waals surface area contributed by atoms with Gasteiger partial charge in [0.1, 0.15) is 5.78 Å². The predicted octanol–water partition coefficient (Wildman–Crippen LogP) is 1.61. The first-order valence-corrected chi connectivity index (χ1v) is 4.96. The highest BCUT2D eigenvalue weighted by Gasteiger charge is 2.41. The fourth-order valence-electron chi connectivity index (χ4n) is 1.96. The van der Waals surface area contributed by atoms with E-state index in [2.05, 4.69) is 11.3 Å². The van der Waals surface area contributed by atoms with E-state index < -0.39 is 0 Å². The number of nitrogens with zero attached hydrogens (tertiary/aromatic N) is 1. The van der Waals surface area contributed by atoms with Crippen LogP contribution in [0, 0.1) is 5.41 Å². The van der Waals surface area contributed by atoms with Gasteiger partial charge in [-0.25, -0.2) is 4.79 Å². The Bertz CT molecular complexity index is 278. The molecular weight excluding hydrogens is 194 g/mol. The highest BCUT2D eigenvalue weighted by atomic mass is 16.5. The average molecular weight is 211 g/mol. The molecule has 4 nitrogen and oxygen atoms in total. The molecule has 0 radical (unpaired) electrons. The van der Waals surface area contributed by atoms with Crippen molar-refractivity contribution in [1.82, 2.24) is 4.90 Å². The summed E-state index contributed by atoms with van der Waals surface area (Å²) in [6.45, 7) is 6.60. The molecule has 1 aliphatic rings. The fourth-order valence-corrected chi connectivity index (χ4v) is 1.96. The largest absolute Gasteiger partial charge is 0.453 e. The summed E-state index contributed by atoms with van der Waals surface area (Å²) in [5.74, 6) is 0.265. The summed E-state index contributed by atoms with van der Waals surface area (Å²) in [7, 11) is 1.35. The molecule has 1 fully saturated rings. The monoisotopic (exact) mass is 211 g/mol. The van der Waals surface area contributed by atoms with Gasteiger partial charge < -0.3 is 9.64 Å². The first-order valence-electron chi connectivity index (χ1n) is 4.96. The summed E-state index contributed by atoms with van der Waals surface area (Å²) in [5.41, 5.74) is -0.0751. The van der Waals surface area contributed by atoms with Gasteiger partial charge >= 0.3 is 6.09 Å². The lowest BCUT2D eigenvalue weighted by Gasteiger charge is -2.40.